The highest BCUT2D eigenvalue weighted by atomic mass is 32.1. The highest BCUT2D eigenvalue weighted by molar-refractivity contribution is 7.18. The van der Waals surface area contributed by atoms with Gasteiger partial charge in [-0.25, -0.2) is 9.78 Å². The summed E-state index contributed by atoms with van der Waals surface area (Å²) < 4.78 is 43.3. The van der Waals surface area contributed by atoms with Crippen LogP contribution >= 0.6 is 11.3 Å². The second kappa shape index (κ2) is 7.82. The standard InChI is InChI=1S/C20H17F3N2O3S/c1-4-28-19(27)14(9-12-5-7-13(8-6-12)20(21,22)23)16-24-17(26)15-10(2)11(3)29-18(15)25-16/h5-9H,4H2,1-3H3,(H,24,25,26)/b14-9+. The van der Waals surface area contributed by atoms with Gasteiger partial charge in [0, 0.05) is 4.88 Å². The van der Waals surface area contributed by atoms with Crippen molar-refractivity contribution in [3.63, 3.8) is 0 Å². The zero-order chi connectivity index (χ0) is 21.3. The van der Waals surface area contributed by atoms with Crippen LogP contribution in [0.4, 0.5) is 13.2 Å². The summed E-state index contributed by atoms with van der Waals surface area (Å²) in [5.74, 6) is -0.734. The fourth-order valence-electron chi connectivity index (χ4n) is 2.75. The first-order valence-electron chi connectivity index (χ1n) is 8.68. The second-order valence-corrected chi connectivity index (χ2v) is 7.48. The Bertz CT molecular complexity index is 1160. The van der Waals surface area contributed by atoms with Gasteiger partial charge in [-0.3, -0.25) is 4.79 Å². The van der Waals surface area contributed by atoms with Crippen LogP contribution in [-0.2, 0) is 15.7 Å². The molecule has 2 heterocycles. The highest BCUT2D eigenvalue weighted by Gasteiger charge is 2.30. The molecule has 0 saturated carbocycles. The minimum Gasteiger partial charge on any atom is -0.462 e. The minimum atomic E-state index is -4.46. The largest absolute Gasteiger partial charge is 0.462 e. The van der Waals surface area contributed by atoms with Crippen LogP contribution < -0.4 is 5.56 Å². The predicted octanol–water partition coefficient (Wildman–Crippen LogP) is 4.72. The Labute approximate surface area is 167 Å². The molecule has 1 N–H and O–H groups in total. The van der Waals surface area contributed by atoms with E-state index in [1.807, 2.05) is 13.8 Å². The third-order valence-electron chi connectivity index (χ3n) is 4.34. The van der Waals surface area contributed by atoms with Crippen LogP contribution in [-0.4, -0.2) is 22.5 Å². The number of aromatic amines is 1. The molecular weight excluding hydrogens is 405 g/mol. The van der Waals surface area contributed by atoms with Gasteiger partial charge >= 0.3 is 12.1 Å². The number of rotatable bonds is 4. The van der Waals surface area contributed by atoms with Gasteiger partial charge in [-0.2, -0.15) is 13.2 Å². The lowest BCUT2D eigenvalue weighted by atomic mass is 10.1. The molecule has 0 fully saturated rings. The Balaban J connectivity index is 2.13. The lowest BCUT2D eigenvalue weighted by Crippen LogP contribution is -2.15. The van der Waals surface area contributed by atoms with E-state index in [4.69, 9.17) is 4.74 Å². The lowest BCUT2D eigenvalue weighted by Gasteiger charge is -2.08. The number of carbonyl (C=O) groups excluding carboxylic acids is 1. The molecule has 152 valence electrons. The maximum atomic E-state index is 12.8. The van der Waals surface area contributed by atoms with Crippen molar-refractivity contribution in [1.82, 2.24) is 9.97 Å². The second-order valence-electron chi connectivity index (χ2n) is 6.28. The number of esters is 1. The average Bonchev–Trinajstić information content (AvgIpc) is 2.93. The van der Waals surface area contributed by atoms with E-state index in [1.54, 1.807) is 6.92 Å². The van der Waals surface area contributed by atoms with Gasteiger partial charge in [0.05, 0.1) is 17.6 Å². The number of H-pyrrole nitrogens is 1. The quantitative estimate of drug-likeness (QED) is 0.488. The van der Waals surface area contributed by atoms with Crippen LogP contribution in [0.15, 0.2) is 29.1 Å². The van der Waals surface area contributed by atoms with Crippen molar-refractivity contribution < 1.29 is 22.7 Å². The third kappa shape index (κ3) is 4.24. The van der Waals surface area contributed by atoms with Gasteiger partial charge in [-0.15, -0.1) is 11.3 Å². The first-order valence-corrected chi connectivity index (χ1v) is 9.50. The summed E-state index contributed by atoms with van der Waals surface area (Å²) in [6, 6.07) is 4.30. The Morgan fingerprint density at radius 2 is 1.90 bits per heavy atom. The number of nitrogens with one attached hydrogen (secondary N) is 1. The van der Waals surface area contributed by atoms with Crippen LogP contribution in [0.1, 0.15) is 34.3 Å². The van der Waals surface area contributed by atoms with E-state index in [9.17, 15) is 22.8 Å². The number of aromatic nitrogens is 2. The maximum absolute atomic E-state index is 12.8. The highest BCUT2D eigenvalue weighted by Crippen LogP contribution is 2.30. The van der Waals surface area contributed by atoms with Gasteiger partial charge < -0.3 is 9.72 Å². The molecule has 9 heteroatoms. The summed E-state index contributed by atoms with van der Waals surface area (Å²) in [6.07, 6.45) is -3.12. The number of hydrogen-bond acceptors (Lipinski definition) is 5. The molecule has 5 nitrogen and oxygen atoms in total. The number of aryl methyl sites for hydroxylation is 2. The maximum Gasteiger partial charge on any atom is 0.416 e. The summed E-state index contributed by atoms with van der Waals surface area (Å²) in [5, 5.41) is 0.453. The molecular formula is C20H17F3N2O3S. The van der Waals surface area contributed by atoms with Crippen molar-refractivity contribution in [2.45, 2.75) is 26.9 Å². The smallest absolute Gasteiger partial charge is 0.416 e. The van der Waals surface area contributed by atoms with E-state index >= 15 is 0 Å². The molecule has 0 aliphatic rings. The number of halogens is 3. The third-order valence-corrected chi connectivity index (χ3v) is 5.44. The topological polar surface area (TPSA) is 72.0 Å². The van der Waals surface area contributed by atoms with Gasteiger partial charge in [0.1, 0.15) is 16.2 Å². The average molecular weight is 422 g/mol. The first kappa shape index (κ1) is 20.8. The Morgan fingerprint density at radius 3 is 2.48 bits per heavy atom. The number of hydrogen-bond donors (Lipinski definition) is 1. The molecule has 0 aliphatic carbocycles. The van der Waals surface area contributed by atoms with Gasteiger partial charge in [0.15, 0.2) is 0 Å². The predicted molar refractivity (Wildman–Crippen MR) is 106 cm³/mol. The number of nitrogens with zero attached hydrogens (tertiary/aromatic N) is 1. The van der Waals surface area contributed by atoms with Crippen molar-refractivity contribution in [2.24, 2.45) is 0 Å². The number of fused-ring (bicyclic) bond motifs is 1. The van der Waals surface area contributed by atoms with Gasteiger partial charge in [0.25, 0.3) is 5.56 Å². The summed E-state index contributed by atoms with van der Waals surface area (Å²) >= 11 is 1.33. The van der Waals surface area contributed by atoms with Crippen molar-refractivity contribution in [3.05, 3.63) is 62.0 Å². The van der Waals surface area contributed by atoms with Gasteiger partial charge in [-0.05, 0) is 50.1 Å². The molecule has 0 aliphatic heterocycles. The molecule has 0 bridgehead atoms. The van der Waals surface area contributed by atoms with Crippen LogP contribution in [0.2, 0.25) is 0 Å². The summed E-state index contributed by atoms with van der Waals surface area (Å²) in [7, 11) is 0. The molecule has 0 spiro atoms. The minimum absolute atomic E-state index is 0.00194. The normalized spacial score (nSPS) is 12.4. The van der Waals surface area contributed by atoms with E-state index in [1.165, 1.54) is 29.5 Å². The summed E-state index contributed by atoms with van der Waals surface area (Å²) in [4.78, 5) is 33.4. The van der Waals surface area contributed by atoms with E-state index in [-0.39, 0.29) is 18.0 Å². The van der Waals surface area contributed by atoms with E-state index in [0.29, 0.717) is 15.8 Å². The first-order chi connectivity index (χ1) is 13.6. The molecule has 0 saturated heterocycles. The molecule has 3 rings (SSSR count). The van der Waals surface area contributed by atoms with Crippen molar-refractivity contribution in [3.8, 4) is 0 Å². The Kier molecular flexibility index (Phi) is 5.61. The molecule has 1 aromatic carbocycles. The zero-order valence-corrected chi connectivity index (χ0v) is 16.6. The van der Waals surface area contributed by atoms with E-state index in [2.05, 4.69) is 9.97 Å². The van der Waals surface area contributed by atoms with Crippen LogP contribution in [0, 0.1) is 13.8 Å². The SMILES string of the molecule is CCOC(=O)/C(=C/c1ccc(C(F)(F)F)cc1)c1nc2sc(C)c(C)c2c(=O)[nH]1. The monoisotopic (exact) mass is 422 g/mol. The number of thiophene rings is 1. The molecule has 0 unspecified atom stereocenters. The zero-order valence-electron chi connectivity index (χ0n) is 15.8. The number of carbonyl (C=O) groups is 1. The van der Waals surface area contributed by atoms with Crippen molar-refractivity contribution >= 4 is 39.2 Å². The van der Waals surface area contributed by atoms with Crippen molar-refractivity contribution in [1.29, 1.82) is 0 Å². The Hall–Kier alpha value is -2.94. The molecule has 0 radical (unpaired) electrons. The Morgan fingerprint density at radius 1 is 1.24 bits per heavy atom. The van der Waals surface area contributed by atoms with Crippen molar-refractivity contribution in [2.75, 3.05) is 6.61 Å². The number of benzene rings is 1. The molecule has 2 aromatic heterocycles. The van der Waals surface area contributed by atoms with Crippen LogP contribution in [0.3, 0.4) is 0 Å². The molecule has 0 amide bonds. The van der Waals surface area contributed by atoms with E-state index < -0.39 is 23.3 Å². The fraction of sp³-hybridized carbons (Fsp3) is 0.250. The number of alkyl halides is 3. The molecule has 29 heavy (non-hydrogen) atoms. The fourth-order valence-corrected chi connectivity index (χ4v) is 3.78. The summed E-state index contributed by atoms with van der Waals surface area (Å²) in [5.41, 5.74) is -0.0920. The number of ether oxygens (including phenoxy) is 1. The lowest BCUT2D eigenvalue weighted by molar-refractivity contribution is -0.138. The van der Waals surface area contributed by atoms with Crippen LogP contribution in [0.25, 0.3) is 21.9 Å². The van der Waals surface area contributed by atoms with Gasteiger partial charge in [0.2, 0.25) is 0 Å². The van der Waals surface area contributed by atoms with Crippen LogP contribution in [0.5, 0.6) is 0 Å². The van der Waals surface area contributed by atoms with E-state index in [0.717, 1.165) is 22.6 Å². The van der Waals surface area contributed by atoms with Gasteiger partial charge in [-0.1, -0.05) is 12.1 Å². The molecule has 3 aromatic rings. The summed E-state index contributed by atoms with van der Waals surface area (Å²) in [6.45, 7) is 5.39. The molecule has 0 atom stereocenters.